The van der Waals surface area contributed by atoms with Crippen LogP contribution in [-0.4, -0.2) is 85.0 Å². The minimum Gasteiger partial charge on any atom is -1.00 e. The van der Waals surface area contributed by atoms with Crippen molar-refractivity contribution in [1.29, 1.82) is 0 Å². The van der Waals surface area contributed by atoms with Crippen LogP contribution in [0.15, 0.2) is 76.7 Å². The van der Waals surface area contributed by atoms with Crippen LogP contribution >= 0.6 is 31.9 Å². The second-order valence-electron chi connectivity index (χ2n) is 14.1. The molecule has 1 aliphatic heterocycles. The van der Waals surface area contributed by atoms with Crippen molar-refractivity contribution < 1.29 is 27.0 Å². The number of aliphatic hydroxyl groups is 1. The van der Waals surface area contributed by atoms with Crippen molar-refractivity contribution in [3.05, 3.63) is 129 Å². The molecule has 0 saturated carbocycles. The van der Waals surface area contributed by atoms with Crippen LogP contribution in [-0.2, 0) is 46.0 Å². The van der Waals surface area contributed by atoms with Crippen molar-refractivity contribution in [2.75, 3.05) is 13.2 Å². The van der Waals surface area contributed by atoms with Gasteiger partial charge in [-0.25, -0.2) is 19.6 Å². The minimum absolute atomic E-state index is 0. The number of aryl methyl sites for hydroxylation is 2. The number of carbonyl (C=O) groups excluding carboxylic acids is 1. The summed E-state index contributed by atoms with van der Waals surface area (Å²) < 4.78 is 14.7. The van der Waals surface area contributed by atoms with Crippen LogP contribution in [0.4, 0.5) is 0 Å². The summed E-state index contributed by atoms with van der Waals surface area (Å²) >= 11 is 6.85. The van der Waals surface area contributed by atoms with Crippen LogP contribution in [0, 0.1) is 6.92 Å². The molecule has 0 aliphatic carbocycles. The maximum absolute atomic E-state index is 12.8. The van der Waals surface area contributed by atoms with Gasteiger partial charge in [0.2, 0.25) is 0 Å². The van der Waals surface area contributed by atoms with E-state index in [0.717, 1.165) is 61.7 Å². The van der Waals surface area contributed by atoms with E-state index in [-0.39, 0.29) is 52.4 Å². The molecule has 1 unspecified atom stereocenters. The van der Waals surface area contributed by atoms with Gasteiger partial charge in [0.05, 0.1) is 6.54 Å². The van der Waals surface area contributed by atoms with Gasteiger partial charge in [-0.05, 0) is 54.7 Å². The SMILES string of the molecule is C1CCOC1.CCCCC(O)c1nc2c(c(=O)n(C)c(=O)n2C)n1Cc1cccc(Br)c1.Cn1c(=O)c2c(nc(C=O)n2Cc2cccc(Br)c2)n(C)c1=O.[CH2-]CCC.[Cl-].[Mg+2]. The summed E-state index contributed by atoms with van der Waals surface area (Å²) in [5.74, 6) is 0.523. The van der Waals surface area contributed by atoms with E-state index in [2.05, 4.69) is 62.6 Å². The Hall–Kier alpha value is -3.65. The molecule has 0 bridgehead atoms. The second-order valence-corrected chi connectivity index (χ2v) is 15.9. The molecule has 1 aliphatic rings. The molecule has 0 radical (unpaired) electrons. The van der Waals surface area contributed by atoms with E-state index < -0.39 is 28.6 Å². The Kier molecular flexibility index (Phi) is 22.3. The molecule has 1 fully saturated rings. The Bertz CT molecular complexity index is 2620. The topological polar surface area (TPSA) is 170 Å². The fraction of sp³-hybridized carbons (Fsp3) is 0.429. The molecule has 15 nitrogen and oxygen atoms in total. The minimum atomic E-state index is -0.802. The molecule has 19 heteroatoms. The Morgan fingerprint density at radius 3 is 1.64 bits per heavy atom. The molecule has 4 aromatic heterocycles. The molecule has 1 N–H and O–H groups in total. The number of carbonyl (C=O) groups is 1. The van der Waals surface area contributed by atoms with Crippen molar-refractivity contribution in [3.63, 3.8) is 0 Å². The monoisotopic (exact) mass is 998 g/mol. The van der Waals surface area contributed by atoms with Gasteiger partial charge in [0.25, 0.3) is 11.1 Å². The molecule has 2 aromatic carbocycles. The van der Waals surface area contributed by atoms with E-state index in [4.69, 9.17) is 4.74 Å². The Morgan fingerprint density at radius 2 is 1.23 bits per heavy atom. The third-order valence-electron chi connectivity index (χ3n) is 9.63. The number of nitrogens with zero attached hydrogens (tertiary/aromatic N) is 8. The summed E-state index contributed by atoms with van der Waals surface area (Å²) in [4.78, 5) is 69.6. The van der Waals surface area contributed by atoms with Crippen LogP contribution in [0.2, 0.25) is 0 Å². The average Bonchev–Trinajstić information content (AvgIpc) is 4.01. The zero-order valence-corrected chi connectivity index (χ0v) is 40.9. The fourth-order valence-corrected chi connectivity index (χ4v) is 7.16. The normalized spacial score (nSPS) is 12.2. The number of ether oxygens (including phenoxy) is 1. The van der Waals surface area contributed by atoms with Gasteiger partial charge in [-0.2, -0.15) is 6.42 Å². The van der Waals surface area contributed by atoms with Gasteiger partial charge in [0.15, 0.2) is 34.4 Å². The molecule has 0 spiro atoms. The van der Waals surface area contributed by atoms with Crippen molar-refractivity contribution in [1.82, 2.24) is 37.4 Å². The molecule has 61 heavy (non-hydrogen) atoms. The first kappa shape index (κ1) is 53.5. The van der Waals surface area contributed by atoms with E-state index in [1.807, 2.05) is 48.5 Å². The fourth-order valence-electron chi connectivity index (χ4n) is 6.26. The number of aromatic nitrogens is 8. The van der Waals surface area contributed by atoms with Gasteiger partial charge in [-0.1, -0.05) is 89.2 Å². The van der Waals surface area contributed by atoms with Crippen LogP contribution in [0.25, 0.3) is 22.3 Å². The van der Waals surface area contributed by atoms with Gasteiger partial charge in [-0.3, -0.25) is 32.7 Å². The summed E-state index contributed by atoms with van der Waals surface area (Å²) in [6.07, 6.45) is 6.96. The number of aldehydes is 1. The molecule has 0 amide bonds. The predicted octanol–water partition coefficient (Wildman–Crippen LogP) is 2.57. The first-order chi connectivity index (χ1) is 28.2. The van der Waals surface area contributed by atoms with Crippen molar-refractivity contribution in [3.8, 4) is 0 Å². The maximum Gasteiger partial charge on any atom is 2.00 e. The largest absolute Gasteiger partial charge is 2.00 e. The number of hydrogen-bond acceptors (Lipinski definition) is 9. The van der Waals surface area contributed by atoms with Gasteiger partial charge >= 0.3 is 34.4 Å². The molecular weight excluding hydrogens is 948 g/mol. The molecule has 7 rings (SSSR count). The van der Waals surface area contributed by atoms with E-state index in [1.165, 1.54) is 54.1 Å². The van der Waals surface area contributed by atoms with Crippen molar-refractivity contribution in [2.45, 2.75) is 78.0 Å². The number of hydrogen-bond donors (Lipinski definition) is 1. The number of imidazole rings is 2. The molecule has 1 atom stereocenters. The van der Waals surface area contributed by atoms with Crippen LogP contribution in [0.5, 0.6) is 0 Å². The summed E-state index contributed by atoms with van der Waals surface area (Å²) in [5, 5.41) is 10.7. The summed E-state index contributed by atoms with van der Waals surface area (Å²) in [6, 6.07) is 15.3. The van der Waals surface area contributed by atoms with E-state index in [9.17, 15) is 29.1 Å². The van der Waals surface area contributed by atoms with Crippen molar-refractivity contribution in [2.24, 2.45) is 28.2 Å². The number of fused-ring (bicyclic) bond motifs is 2. The molecular formula is C42H53Br2ClMgN8O7. The number of rotatable bonds is 10. The molecule has 326 valence electrons. The first-order valence-electron chi connectivity index (χ1n) is 19.5. The smallest absolute Gasteiger partial charge is 1.00 e. The molecule has 5 heterocycles. The Labute approximate surface area is 393 Å². The second kappa shape index (κ2) is 25.5. The number of benzene rings is 2. The first-order valence-corrected chi connectivity index (χ1v) is 21.1. The van der Waals surface area contributed by atoms with Crippen molar-refractivity contribution >= 4 is 83.5 Å². The van der Waals surface area contributed by atoms with E-state index in [1.54, 1.807) is 11.6 Å². The standard InChI is InChI=1S/C19H23BrN4O3.C15H13BrN4O3.C4H8O.C4H9.ClH.Mg/c1-4-5-9-14(25)16-21-17-15(18(26)23(3)19(27)22(17)2)24(16)11-12-7-6-8-13(20)10-12;1-18-13-12(14(22)19(2)15(18)23)20(11(8-21)17-13)7-9-4-3-5-10(16)6-9;1-2-4-5-3-1;1-3-4-2;;/h6-8,10,14,25H,4-5,9,11H2,1-3H3;3-6,8H,7H2,1-2H3;1-4H2;1,3-4H2,2H3;1H;/q;;;-1;;+2/p-1. The third kappa shape index (κ3) is 13.2. The zero-order valence-electron chi connectivity index (χ0n) is 35.6. The van der Waals surface area contributed by atoms with Gasteiger partial charge in [0.1, 0.15) is 11.9 Å². The van der Waals surface area contributed by atoms with Gasteiger partial charge in [0, 0.05) is 56.9 Å². The quantitative estimate of drug-likeness (QED) is 0.123. The maximum atomic E-state index is 12.8. The Balaban J connectivity index is 0.000000342. The third-order valence-corrected chi connectivity index (χ3v) is 10.6. The summed E-state index contributed by atoms with van der Waals surface area (Å²) in [7, 11) is 5.97. The number of unbranched alkanes of at least 4 members (excludes halogenated alkanes) is 2. The number of halogens is 3. The van der Waals surface area contributed by atoms with E-state index >= 15 is 0 Å². The zero-order chi connectivity index (χ0) is 43.4. The average molecular weight is 1000 g/mol. The molecule has 6 aromatic rings. The summed E-state index contributed by atoms with van der Waals surface area (Å²) in [6.45, 7) is 10.5. The van der Waals surface area contributed by atoms with E-state index in [0.29, 0.717) is 42.8 Å². The number of aliphatic hydroxyl groups excluding tert-OH is 1. The van der Waals surface area contributed by atoms with Gasteiger partial charge in [-0.15, -0.1) is 0 Å². The Morgan fingerprint density at radius 1 is 0.770 bits per heavy atom. The van der Waals surface area contributed by atoms with Crippen LogP contribution < -0.4 is 34.9 Å². The van der Waals surface area contributed by atoms with Crippen LogP contribution in [0.3, 0.4) is 0 Å². The summed E-state index contributed by atoms with van der Waals surface area (Å²) in [5.41, 5.74) is 1.12. The van der Waals surface area contributed by atoms with Crippen LogP contribution in [0.1, 0.15) is 92.5 Å². The van der Waals surface area contributed by atoms with Gasteiger partial charge < -0.3 is 38.3 Å². The predicted molar refractivity (Wildman–Crippen MR) is 243 cm³/mol. The molecule has 1 saturated heterocycles.